The zero-order valence-electron chi connectivity index (χ0n) is 10.8. The molecule has 0 atom stereocenters. The van der Waals surface area contributed by atoms with Crippen molar-refractivity contribution in [1.82, 2.24) is 0 Å². The smallest absolute Gasteiger partial charge is 0.462 e. The summed E-state index contributed by atoms with van der Waals surface area (Å²) in [6.45, 7) is 1.52. The van der Waals surface area contributed by atoms with Crippen molar-refractivity contribution in [2.24, 2.45) is 0 Å². The van der Waals surface area contributed by atoms with Crippen molar-refractivity contribution in [1.29, 1.82) is 0 Å². The molecular formula is C11H9Cl4O6P. The van der Waals surface area contributed by atoms with Gasteiger partial charge in [-0.05, 0) is 19.1 Å². The Hall–Kier alpha value is -0.460. The average Bonchev–Trinajstić information content (AvgIpc) is 2.41. The maximum atomic E-state index is 11.7. The van der Waals surface area contributed by atoms with Crippen LogP contribution in [0.5, 0.6) is 0 Å². The number of esters is 1. The summed E-state index contributed by atoms with van der Waals surface area (Å²) in [5.74, 6) is -1.72. The minimum Gasteiger partial charge on any atom is -0.462 e. The molecule has 1 rings (SSSR count). The molecule has 1 aromatic carbocycles. The Morgan fingerprint density at radius 3 is 2.32 bits per heavy atom. The highest BCUT2D eigenvalue weighted by Crippen LogP contribution is 2.46. The fourth-order valence-electron chi connectivity index (χ4n) is 1.31. The van der Waals surface area contributed by atoms with Crippen LogP contribution in [0.3, 0.4) is 0 Å². The Balaban J connectivity index is 3.52. The van der Waals surface area contributed by atoms with Crippen molar-refractivity contribution in [3.05, 3.63) is 37.8 Å². The van der Waals surface area contributed by atoms with Crippen LogP contribution in [-0.2, 0) is 18.6 Å². The van der Waals surface area contributed by atoms with Crippen LogP contribution in [0, 0.1) is 0 Å². The summed E-state index contributed by atoms with van der Waals surface area (Å²) < 4.78 is 20.2. The fourth-order valence-corrected chi connectivity index (χ4v) is 2.61. The van der Waals surface area contributed by atoms with Crippen molar-refractivity contribution < 1.29 is 28.4 Å². The van der Waals surface area contributed by atoms with Gasteiger partial charge in [0.05, 0.1) is 21.7 Å². The van der Waals surface area contributed by atoms with E-state index in [1.165, 1.54) is 19.1 Å². The third-order valence-electron chi connectivity index (χ3n) is 2.14. The first kappa shape index (κ1) is 19.6. The molecule has 0 radical (unpaired) electrons. The third-order valence-corrected chi connectivity index (χ3v) is 4.18. The molecule has 0 saturated carbocycles. The van der Waals surface area contributed by atoms with E-state index in [1.807, 2.05) is 0 Å². The number of hydrogen-bond donors (Lipinski definition) is 2. The van der Waals surface area contributed by atoms with Gasteiger partial charge in [-0.25, -0.2) is 9.36 Å². The largest absolute Gasteiger partial charge is 0.524 e. The summed E-state index contributed by atoms with van der Waals surface area (Å²) in [4.78, 5) is 29.6. The number of phosphoric acid groups is 1. The van der Waals surface area contributed by atoms with Gasteiger partial charge >= 0.3 is 13.8 Å². The lowest BCUT2D eigenvalue weighted by atomic mass is 10.2. The number of rotatable bonds is 5. The summed E-state index contributed by atoms with van der Waals surface area (Å²) in [5, 5.41) is -0.898. The lowest BCUT2D eigenvalue weighted by Gasteiger charge is -2.15. The fraction of sp³-hybridized carbons (Fsp3) is 0.182. The molecule has 6 nitrogen and oxygen atoms in total. The summed E-state index contributed by atoms with van der Waals surface area (Å²) in [5.41, 5.74) is -0.127. The van der Waals surface area contributed by atoms with E-state index in [-0.39, 0.29) is 27.2 Å². The Labute approximate surface area is 145 Å². The lowest BCUT2D eigenvalue weighted by Crippen LogP contribution is -2.07. The number of ether oxygens (including phenoxy) is 1. The highest BCUT2D eigenvalue weighted by atomic mass is 35.5. The minimum atomic E-state index is -5.03. The van der Waals surface area contributed by atoms with Crippen LogP contribution < -0.4 is 0 Å². The van der Waals surface area contributed by atoms with E-state index in [1.54, 1.807) is 0 Å². The van der Waals surface area contributed by atoms with E-state index < -0.39 is 24.6 Å². The second-order valence-corrected chi connectivity index (χ2v) is 6.37. The summed E-state index contributed by atoms with van der Waals surface area (Å²) in [6, 6.07) is 2.53. The summed E-state index contributed by atoms with van der Waals surface area (Å²) in [6.07, 6.45) is 0. The third kappa shape index (κ3) is 5.03. The molecule has 0 aliphatic carbocycles. The topological polar surface area (TPSA) is 93.1 Å². The van der Waals surface area contributed by atoms with Crippen molar-refractivity contribution in [3.63, 3.8) is 0 Å². The van der Waals surface area contributed by atoms with E-state index in [2.05, 4.69) is 9.26 Å². The molecule has 0 heterocycles. The SMILES string of the molecule is CCOC(=O)C(Cl)=C(OP(=O)(O)O)c1ccc(Cl)c(Cl)c1Cl. The highest BCUT2D eigenvalue weighted by Gasteiger charge is 2.28. The molecule has 0 saturated heterocycles. The van der Waals surface area contributed by atoms with Gasteiger partial charge in [-0.3, -0.25) is 9.79 Å². The van der Waals surface area contributed by atoms with Gasteiger partial charge < -0.3 is 9.26 Å². The number of hydrogen-bond acceptors (Lipinski definition) is 4. The predicted octanol–water partition coefficient (Wildman–Crippen LogP) is 4.23. The van der Waals surface area contributed by atoms with E-state index in [0.717, 1.165) is 0 Å². The number of benzene rings is 1. The van der Waals surface area contributed by atoms with Gasteiger partial charge in [-0.1, -0.05) is 46.4 Å². The number of halogens is 4. The Bertz CT molecular complexity index is 669. The van der Waals surface area contributed by atoms with Gasteiger partial charge in [-0.15, -0.1) is 0 Å². The number of carbonyl (C=O) groups excluding carboxylic acids is 1. The molecule has 122 valence electrons. The average molecular weight is 410 g/mol. The predicted molar refractivity (Wildman–Crippen MR) is 84.0 cm³/mol. The zero-order valence-corrected chi connectivity index (χ0v) is 14.8. The van der Waals surface area contributed by atoms with Gasteiger partial charge in [0.1, 0.15) is 0 Å². The first-order valence-electron chi connectivity index (χ1n) is 5.54. The van der Waals surface area contributed by atoms with Crippen LogP contribution in [0.15, 0.2) is 17.2 Å². The maximum Gasteiger partial charge on any atom is 0.524 e. The first-order chi connectivity index (χ1) is 10.1. The second kappa shape index (κ2) is 7.88. The van der Waals surface area contributed by atoms with Gasteiger partial charge in [0.2, 0.25) is 0 Å². The molecule has 1 aromatic rings. The monoisotopic (exact) mass is 408 g/mol. The summed E-state index contributed by atoms with van der Waals surface area (Å²) in [7, 11) is -5.03. The first-order valence-corrected chi connectivity index (χ1v) is 8.58. The van der Waals surface area contributed by atoms with E-state index in [4.69, 9.17) is 56.2 Å². The maximum absolute atomic E-state index is 11.7. The van der Waals surface area contributed by atoms with Crippen molar-refractivity contribution >= 4 is 66.0 Å². The second-order valence-electron chi connectivity index (χ2n) is 3.67. The van der Waals surface area contributed by atoms with E-state index in [9.17, 15) is 9.36 Å². The van der Waals surface area contributed by atoms with E-state index in [0.29, 0.717) is 0 Å². The molecule has 0 aromatic heterocycles. The van der Waals surface area contributed by atoms with Crippen LogP contribution in [0.2, 0.25) is 15.1 Å². The molecule has 0 amide bonds. The molecule has 0 spiro atoms. The van der Waals surface area contributed by atoms with Crippen LogP contribution in [0.4, 0.5) is 0 Å². The van der Waals surface area contributed by atoms with Crippen LogP contribution in [0.25, 0.3) is 5.76 Å². The molecule has 2 N–H and O–H groups in total. The van der Waals surface area contributed by atoms with Gasteiger partial charge in [0.15, 0.2) is 10.8 Å². The van der Waals surface area contributed by atoms with Gasteiger partial charge in [0.25, 0.3) is 0 Å². The molecule has 0 fully saturated rings. The van der Waals surface area contributed by atoms with Gasteiger partial charge in [-0.2, -0.15) is 0 Å². The van der Waals surface area contributed by atoms with Gasteiger partial charge in [0, 0.05) is 5.56 Å². The highest BCUT2D eigenvalue weighted by molar-refractivity contribution is 7.46. The minimum absolute atomic E-state index is 0.00660. The lowest BCUT2D eigenvalue weighted by molar-refractivity contribution is -0.137. The quantitative estimate of drug-likeness (QED) is 0.248. The molecule has 22 heavy (non-hydrogen) atoms. The molecular weight excluding hydrogens is 401 g/mol. The summed E-state index contributed by atoms with van der Waals surface area (Å²) >= 11 is 23.3. The number of phosphoric ester groups is 1. The Morgan fingerprint density at radius 2 is 1.82 bits per heavy atom. The molecule has 0 aliphatic rings. The van der Waals surface area contributed by atoms with Crippen molar-refractivity contribution in [2.75, 3.05) is 6.61 Å². The molecule has 11 heteroatoms. The van der Waals surface area contributed by atoms with Crippen LogP contribution in [-0.4, -0.2) is 22.4 Å². The Morgan fingerprint density at radius 1 is 1.23 bits per heavy atom. The van der Waals surface area contributed by atoms with Crippen molar-refractivity contribution in [2.45, 2.75) is 6.92 Å². The van der Waals surface area contributed by atoms with Crippen LogP contribution in [0.1, 0.15) is 12.5 Å². The Kier molecular flexibility index (Phi) is 7.02. The van der Waals surface area contributed by atoms with Crippen LogP contribution >= 0.6 is 54.2 Å². The zero-order chi connectivity index (χ0) is 17.1. The standard InChI is InChI=1S/C11H9Cl4O6P/c1-2-20-11(16)9(15)10(21-22(17,18)19)5-3-4-6(12)8(14)7(5)13/h3-4H,2H2,1H3,(H2,17,18,19). The molecule has 0 aliphatic heterocycles. The molecule has 0 bridgehead atoms. The normalized spacial score (nSPS) is 12.7. The van der Waals surface area contributed by atoms with E-state index >= 15 is 0 Å². The van der Waals surface area contributed by atoms with Crippen molar-refractivity contribution in [3.8, 4) is 0 Å². The number of carbonyl (C=O) groups is 1. The molecule has 0 unspecified atom stereocenters.